The average Bonchev–Trinajstić information content (AvgIpc) is 2.37. The van der Waals surface area contributed by atoms with Gasteiger partial charge in [-0.3, -0.25) is 4.55 Å². The van der Waals surface area contributed by atoms with Crippen LogP contribution in [0.15, 0.2) is 52.3 Å². The maximum atomic E-state index is 11.6. The standard InChI is InChI=1S/C12H12N2O6S2/c13-9-6-10(20-8-4-2-1-3-5-8)12(21(14,15)16)7-11(9)22(17,18)19/h1-7H,13H2,(H2,14,15,16)(H,17,18,19). The number of hydrogen-bond acceptors (Lipinski definition) is 6. The lowest BCUT2D eigenvalue weighted by molar-refractivity contribution is 0.465. The Hall–Kier alpha value is -2.14. The van der Waals surface area contributed by atoms with Crippen LogP contribution in [0, 0.1) is 0 Å². The van der Waals surface area contributed by atoms with Gasteiger partial charge in [0.1, 0.15) is 21.3 Å². The fraction of sp³-hybridized carbons (Fsp3) is 0. The van der Waals surface area contributed by atoms with Crippen molar-refractivity contribution in [2.24, 2.45) is 5.14 Å². The number of hydrogen-bond donors (Lipinski definition) is 3. The van der Waals surface area contributed by atoms with Gasteiger partial charge in [-0.05, 0) is 18.2 Å². The second kappa shape index (κ2) is 5.57. The minimum Gasteiger partial charge on any atom is -0.456 e. The molecule has 0 aliphatic heterocycles. The van der Waals surface area contributed by atoms with Gasteiger partial charge in [0, 0.05) is 6.07 Å². The summed E-state index contributed by atoms with van der Waals surface area (Å²) in [6, 6.07) is 9.76. The molecule has 22 heavy (non-hydrogen) atoms. The van der Waals surface area contributed by atoms with Crippen molar-refractivity contribution in [2.75, 3.05) is 5.73 Å². The first-order valence-electron chi connectivity index (χ1n) is 5.76. The van der Waals surface area contributed by atoms with Gasteiger partial charge in [-0.2, -0.15) is 8.42 Å². The van der Waals surface area contributed by atoms with E-state index in [0.29, 0.717) is 11.8 Å². The number of sulfonamides is 1. The first-order chi connectivity index (χ1) is 10.1. The Labute approximate surface area is 127 Å². The van der Waals surface area contributed by atoms with Crippen LogP contribution in [0.4, 0.5) is 5.69 Å². The maximum absolute atomic E-state index is 11.6. The Morgan fingerprint density at radius 1 is 0.955 bits per heavy atom. The predicted octanol–water partition coefficient (Wildman–Crippen LogP) is 0.955. The monoisotopic (exact) mass is 344 g/mol. The predicted molar refractivity (Wildman–Crippen MR) is 78.6 cm³/mol. The lowest BCUT2D eigenvalue weighted by atomic mass is 10.3. The molecule has 0 atom stereocenters. The molecule has 10 heteroatoms. The van der Waals surface area contributed by atoms with Gasteiger partial charge in [-0.1, -0.05) is 18.2 Å². The van der Waals surface area contributed by atoms with Crippen molar-refractivity contribution in [3.05, 3.63) is 42.5 Å². The topological polar surface area (TPSA) is 150 Å². The zero-order valence-electron chi connectivity index (χ0n) is 11.0. The van der Waals surface area contributed by atoms with Crippen molar-refractivity contribution in [1.29, 1.82) is 0 Å². The van der Waals surface area contributed by atoms with Crippen LogP contribution in [-0.2, 0) is 20.1 Å². The molecule has 0 saturated heterocycles. The molecular formula is C12H12N2O6S2. The highest BCUT2D eigenvalue weighted by molar-refractivity contribution is 7.89. The second-order valence-corrected chi connectivity index (χ2v) is 7.19. The fourth-order valence-corrected chi connectivity index (χ4v) is 3.06. The second-order valence-electron chi connectivity index (χ2n) is 4.27. The van der Waals surface area contributed by atoms with Crippen molar-refractivity contribution >= 4 is 25.8 Å². The smallest absolute Gasteiger partial charge is 0.296 e. The van der Waals surface area contributed by atoms with Crippen molar-refractivity contribution in [3.63, 3.8) is 0 Å². The molecule has 0 radical (unpaired) electrons. The Balaban J connectivity index is 2.66. The number of anilines is 1. The van der Waals surface area contributed by atoms with E-state index in [-0.39, 0.29) is 11.4 Å². The number of nitrogen functional groups attached to an aromatic ring is 1. The molecule has 5 N–H and O–H groups in total. The summed E-state index contributed by atoms with van der Waals surface area (Å²) in [5.74, 6) is 0.0463. The lowest BCUT2D eigenvalue weighted by Crippen LogP contribution is -2.15. The van der Waals surface area contributed by atoms with E-state index in [9.17, 15) is 16.8 Å². The molecule has 0 saturated carbocycles. The molecule has 0 fully saturated rings. The van der Waals surface area contributed by atoms with Gasteiger partial charge in [0.25, 0.3) is 10.1 Å². The van der Waals surface area contributed by atoms with Crippen LogP contribution >= 0.6 is 0 Å². The highest BCUT2D eigenvalue weighted by atomic mass is 32.2. The summed E-state index contributed by atoms with van der Waals surface area (Å²) < 4.78 is 60.1. The average molecular weight is 344 g/mol. The van der Waals surface area contributed by atoms with Crippen molar-refractivity contribution in [3.8, 4) is 11.5 Å². The summed E-state index contributed by atoms with van der Waals surface area (Å²) in [6.45, 7) is 0. The fourth-order valence-electron chi connectivity index (χ4n) is 1.70. The van der Waals surface area contributed by atoms with Crippen LogP contribution in [-0.4, -0.2) is 21.4 Å². The van der Waals surface area contributed by atoms with E-state index < -0.39 is 29.9 Å². The molecule has 0 aliphatic carbocycles. The third-order valence-electron chi connectivity index (χ3n) is 2.63. The molecule has 0 amide bonds. The van der Waals surface area contributed by atoms with Crippen molar-refractivity contribution < 1.29 is 26.1 Å². The molecule has 0 aliphatic rings. The van der Waals surface area contributed by atoms with Gasteiger partial charge >= 0.3 is 0 Å². The quantitative estimate of drug-likeness (QED) is 0.552. The Bertz CT molecular complexity index is 908. The minimum absolute atomic E-state index is 0.251. The summed E-state index contributed by atoms with van der Waals surface area (Å²) in [6.07, 6.45) is 0. The van der Waals surface area contributed by atoms with Gasteiger partial charge in [0.15, 0.2) is 0 Å². The number of benzene rings is 2. The van der Waals surface area contributed by atoms with Crippen LogP contribution in [0.3, 0.4) is 0 Å². The molecule has 2 aromatic rings. The molecule has 118 valence electrons. The van der Waals surface area contributed by atoms with E-state index in [1.165, 1.54) is 0 Å². The first-order valence-corrected chi connectivity index (χ1v) is 8.74. The summed E-state index contributed by atoms with van der Waals surface area (Å²) in [4.78, 5) is -1.38. The molecule has 0 unspecified atom stereocenters. The number of rotatable bonds is 4. The third-order valence-corrected chi connectivity index (χ3v) is 4.47. The van der Waals surface area contributed by atoms with Crippen molar-refractivity contribution in [2.45, 2.75) is 9.79 Å². The highest BCUT2D eigenvalue weighted by Crippen LogP contribution is 2.34. The number of nitrogens with two attached hydrogens (primary N) is 2. The SMILES string of the molecule is Nc1cc(Oc2ccccc2)c(S(N)(=O)=O)cc1S(=O)(=O)O. The van der Waals surface area contributed by atoms with Crippen molar-refractivity contribution in [1.82, 2.24) is 0 Å². The molecule has 0 aromatic heterocycles. The molecule has 8 nitrogen and oxygen atoms in total. The van der Waals surface area contributed by atoms with Gasteiger partial charge in [-0.25, -0.2) is 13.6 Å². The van der Waals surface area contributed by atoms with E-state index in [2.05, 4.69) is 0 Å². The largest absolute Gasteiger partial charge is 0.456 e. The Kier molecular flexibility index (Phi) is 4.11. The number of primary sulfonamides is 1. The summed E-state index contributed by atoms with van der Waals surface area (Å²) >= 11 is 0. The molecular weight excluding hydrogens is 332 g/mol. The van der Waals surface area contributed by atoms with Gasteiger partial charge in [0.2, 0.25) is 10.0 Å². The van der Waals surface area contributed by atoms with E-state index in [1.807, 2.05) is 0 Å². The van der Waals surface area contributed by atoms with Crippen LogP contribution in [0.25, 0.3) is 0 Å². The molecule has 2 rings (SSSR count). The lowest BCUT2D eigenvalue weighted by Gasteiger charge is -2.12. The summed E-state index contributed by atoms with van der Waals surface area (Å²) in [5, 5.41) is 5.05. The van der Waals surface area contributed by atoms with E-state index >= 15 is 0 Å². The number of ether oxygens (including phenoxy) is 1. The van der Waals surface area contributed by atoms with Crippen LogP contribution in [0.5, 0.6) is 11.5 Å². The minimum atomic E-state index is -4.71. The third kappa shape index (κ3) is 3.54. The number of para-hydroxylation sites is 1. The van der Waals surface area contributed by atoms with Crippen LogP contribution in [0.1, 0.15) is 0 Å². The highest BCUT2D eigenvalue weighted by Gasteiger charge is 2.23. The Morgan fingerprint density at radius 3 is 2.05 bits per heavy atom. The van der Waals surface area contributed by atoms with Gasteiger partial charge in [0.05, 0.1) is 5.69 Å². The maximum Gasteiger partial charge on any atom is 0.296 e. The van der Waals surface area contributed by atoms with Crippen LogP contribution in [0.2, 0.25) is 0 Å². The van der Waals surface area contributed by atoms with Gasteiger partial charge < -0.3 is 10.5 Å². The van der Waals surface area contributed by atoms with Crippen LogP contribution < -0.4 is 15.6 Å². The summed E-state index contributed by atoms with van der Waals surface area (Å²) in [5.41, 5.74) is 5.14. The summed E-state index contributed by atoms with van der Waals surface area (Å²) in [7, 11) is -9.02. The first kappa shape index (κ1) is 16.2. The van der Waals surface area contributed by atoms with Gasteiger partial charge in [-0.15, -0.1) is 0 Å². The molecule has 0 spiro atoms. The molecule has 0 heterocycles. The van der Waals surface area contributed by atoms with E-state index in [1.54, 1.807) is 30.3 Å². The zero-order valence-corrected chi connectivity index (χ0v) is 12.6. The van der Waals surface area contributed by atoms with E-state index in [4.69, 9.17) is 20.2 Å². The molecule has 2 aromatic carbocycles. The molecule has 0 bridgehead atoms. The Morgan fingerprint density at radius 2 is 1.55 bits per heavy atom. The van der Waals surface area contributed by atoms with E-state index in [0.717, 1.165) is 6.07 Å². The normalized spacial score (nSPS) is 12.1. The zero-order chi connectivity index (χ0) is 16.5.